The molecule has 0 aromatic heterocycles. The van der Waals surface area contributed by atoms with Crippen molar-refractivity contribution in [2.75, 3.05) is 19.6 Å². The average Bonchev–Trinajstić information content (AvgIpc) is 2.53. The summed E-state index contributed by atoms with van der Waals surface area (Å²) in [6.45, 7) is 0.592. The topological polar surface area (TPSA) is 18.5 Å². The second kappa shape index (κ2) is 8.16. The summed E-state index contributed by atoms with van der Waals surface area (Å²) >= 11 is 12.3. The Bertz CT molecular complexity index is 555. The lowest BCUT2D eigenvalue weighted by molar-refractivity contribution is 0.300. The molecule has 0 spiro atoms. The van der Waals surface area contributed by atoms with Crippen LogP contribution < -0.4 is 9.47 Å². The van der Waals surface area contributed by atoms with Gasteiger partial charge in [0.1, 0.15) is 11.5 Å². The highest BCUT2D eigenvalue weighted by molar-refractivity contribution is 6.31. The Morgan fingerprint density at radius 3 is 2.29 bits per heavy atom. The van der Waals surface area contributed by atoms with Gasteiger partial charge in [0, 0.05) is 16.8 Å². The summed E-state index contributed by atoms with van der Waals surface area (Å²) in [5, 5.41) is 0.757. The summed E-state index contributed by atoms with van der Waals surface area (Å²) in [5.74, 6) is 2.36. The van der Waals surface area contributed by atoms with Gasteiger partial charge in [0.05, 0.1) is 13.7 Å². The van der Waals surface area contributed by atoms with Crippen molar-refractivity contribution in [1.29, 1.82) is 0 Å². The van der Waals surface area contributed by atoms with Gasteiger partial charge in [-0.25, -0.2) is 0 Å². The van der Waals surface area contributed by atoms with Crippen molar-refractivity contribution in [3.63, 3.8) is 0 Å². The van der Waals surface area contributed by atoms with Crippen molar-refractivity contribution in [3.05, 3.63) is 59.1 Å². The van der Waals surface area contributed by atoms with Gasteiger partial charge in [-0.15, -0.1) is 11.6 Å². The second-order valence-electron chi connectivity index (χ2n) is 4.69. The maximum absolute atomic E-state index is 6.21. The zero-order chi connectivity index (χ0) is 15.1. The first kappa shape index (κ1) is 16.0. The molecule has 0 radical (unpaired) electrons. The molecule has 4 heteroatoms. The highest BCUT2D eigenvalue weighted by Gasteiger charge is 2.13. The van der Waals surface area contributed by atoms with Crippen LogP contribution in [0.3, 0.4) is 0 Å². The zero-order valence-corrected chi connectivity index (χ0v) is 13.4. The Morgan fingerprint density at radius 1 is 1.00 bits per heavy atom. The van der Waals surface area contributed by atoms with Crippen LogP contribution >= 0.6 is 23.2 Å². The molecule has 112 valence electrons. The van der Waals surface area contributed by atoms with Crippen LogP contribution in [0, 0.1) is 0 Å². The maximum atomic E-state index is 6.21. The van der Waals surface area contributed by atoms with Crippen LogP contribution in [-0.4, -0.2) is 19.6 Å². The van der Waals surface area contributed by atoms with Crippen LogP contribution in [0.25, 0.3) is 0 Å². The van der Waals surface area contributed by atoms with Crippen LogP contribution in [-0.2, 0) is 0 Å². The Morgan fingerprint density at radius 2 is 1.67 bits per heavy atom. The van der Waals surface area contributed by atoms with Crippen molar-refractivity contribution in [2.45, 2.75) is 12.3 Å². The minimum atomic E-state index is 0.193. The molecule has 0 amide bonds. The Hall–Kier alpha value is -1.38. The summed E-state index contributed by atoms with van der Waals surface area (Å²) < 4.78 is 10.9. The van der Waals surface area contributed by atoms with Crippen LogP contribution in [0.15, 0.2) is 48.5 Å². The second-order valence-corrected chi connectivity index (χ2v) is 5.40. The fourth-order valence-electron chi connectivity index (χ4n) is 2.11. The van der Waals surface area contributed by atoms with Crippen LogP contribution in [0.1, 0.15) is 17.9 Å². The Kier molecular flexibility index (Phi) is 6.21. The third kappa shape index (κ3) is 4.55. The number of benzene rings is 2. The quantitative estimate of drug-likeness (QED) is 0.656. The van der Waals surface area contributed by atoms with E-state index in [1.165, 1.54) is 0 Å². The van der Waals surface area contributed by atoms with Crippen molar-refractivity contribution < 1.29 is 9.47 Å². The third-order valence-electron chi connectivity index (χ3n) is 3.33. The molecule has 0 saturated heterocycles. The van der Waals surface area contributed by atoms with E-state index in [0.29, 0.717) is 12.5 Å². The monoisotopic (exact) mass is 324 g/mol. The molecule has 0 bridgehead atoms. The first-order valence-electron chi connectivity index (χ1n) is 6.82. The predicted molar refractivity (Wildman–Crippen MR) is 88.0 cm³/mol. The van der Waals surface area contributed by atoms with E-state index in [2.05, 4.69) is 0 Å². The number of methoxy groups -OCH3 is 1. The van der Waals surface area contributed by atoms with Crippen molar-refractivity contribution in [3.8, 4) is 11.5 Å². The van der Waals surface area contributed by atoms with Gasteiger partial charge in [-0.05, 0) is 42.3 Å². The van der Waals surface area contributed by atoms with Crippen molar-refractivity contribution in [2.24, 2.45) is 0 Å². The summed E-state index contributed by atoms with van der Waals surface area (Å²) in [6.07, 6.45) is 0.819. The maximum Gasteiger partial charge on any atom is 0.119 e. The van der Waals surface area contributed by atoms with Gasteiger partial charge >= 0.3 is 0 Å². The normalized spacial score (nSPS) is 12.0. The standard InChI is InChI=1S/C17H18Cl2O2/c1-20-14-6-8-15(9-7-14)21-11-10-13(12-18)16-4-2-3-5-17(16)19/h2-9,13H,10-12H2,1H3. The number of alkyl halides is 1. The van der Waals surface area contributed by atoms with Gasteiger partial charge in [0.25, 0.3) is 0 Å². The first-order valence-corrected chi connectivity index (χ1v) is 7.73. The van der Waals surface area contributed by atoms with Crippen LogP contribution in [0.4, 0.5) is 0 Å². The molecule has 2 aromatic carbocycles. The van der Waals surface area contributed by atoms with Gasteiger partial charge < -0.3 is 9.47 Å². The number of hydrogen-bond donors (Lipinski definition) is 0. The third-order valence-corrected chi connectivity index (χ3v) is 4.04. The van der Waals surface area contributed by atoms with Gasteiger partial charge in [-0.2, -0.15) is 0 Å². The number of ether oxygens (including phenoxy) is 2. The first-order chi connectivity index (χ1) is 10.2. The highest BCUT2D eigenvalue weighted by Crippen LogP contribution is 2.28. The summed E-state index contributed by atoms with van der Waals surface area (Å²) in [5.41, 5.74) is 1.08. The number of hydrogen-bond acceptors (Lipinski definition) is 2. The summed E-state index contributed by atoms with van der Waals surface area (Å²) in [6, 6.07) is 15.3. The van der Waals surface area contributed by atoms with E-state index < -0.39 is 0 Å². The zero-order valence-electron chi connectivity index (χ0n) is 11.9. The lowest BCUT2D eigenvalue weighted by Gasteiger charge is -2.16. The molecule has 0 saturated carbocycles. The molecule has 0 aliphatic rings. The SMILES string of the molecule is COc1ccc(OCCC(CCl)c2ccccc2Cl)cc1. The van der Waals surface area contributed by atoms with E-state index in [4.69, 9.17) is 32.7 Å². The molecule has 0 N–H and O–H groups in total. The minimum absolute atomic E-state index is 0.193. The van der Waals surface area contributed by atoms with Gasteiger partial charge in [0.2, 0.25) is 0 Å². The largest absolute Gasteiger partial charge is 0.497 e. The van der Waals surface area contributed by atoms with E-state index in [0.717, 1.165) is 28.5 Å². The van der Waals surface area contributed by atoms with Gasteiger partial charge in [-0.1, -0.05) is 29.8 Å². The van der Waals surface area contributed by atoms with E-state index in [-0.39, 0.29) is 5.92 Å². The fourth-order valence-corrected chi connectivity index (χ4v) is 2.72. The van der Waals surface area contributed by atoms with E-state index in [9.17, 15) is 0 Å². The minimum Gasteiger partial charge on any atom is -0.497 e. The lowest BCUT2D eigenvalue weighted by atomic mass is 9.98. The molecule has 2 nitrogen and oxygen atoms in total. The molecule has 21 heavy (non-hydrogen) atoms. The summed E-state index contributed by atoms with van der Waals surface area (Å²) in [7, 11) is 1.64. The molecular formula is C17H18Cl2O2. The van der Waals surface area contributed by atoms with Crippen molar-refractivity contribution >= 4 is 23.2 Å². The molecule has 1 unspecified atom stereocenters. The van der Waals surface area contributed by atoms with Gasteiger partial charge in [0.15, 0.2) is 0 Å². The molecule has 2 aromatic rings. The van der Waals surface area contributed by atoms with Crippen LogP contribution in [0.2, 0.25) is 5.02 Å². The molecular weight excluding hydrogens is 307 g/mol. The molecule has 2 rings (SSSR count). The average molecular weight is 325 g/mol. The smallest absolute Gasteiger partial charge is 0.119 e. The molecule has 0 heterocycles. The summed E-state index contributed by atoms with van der Waals surface area (Å²) in [4.78, 5) is 0. The van der Waals surface area contributed by atoms with Crippen molar-refractivity contribution in [1.82, 2.24) is 0 Å². The molecule has 0 fully saturated rings. The van der Waals surface area contributed by atoms with E-state index in [1.54, 1.807) is 7.11 Å². The number of rotatable bonds is 7. The number of halogens is 2. The Balaban J connectivity index is 1.90. The molecule has 1 atom stereocenters. The predicted octanol–water partition coefficient (Wildman–Crippen LogP) is 5.14. The van der Waals surface area contributed by atoms with Crippen LogP contribution in [0.5, 0.6) is 11.5 Å². The van der Waals surface area contributed by atoms with E-state index in [1.807, 2.05) is 48.5 Å². The van der Waals surface area contributed by atoms with E-state index >= 15 is 0 Å². The fraction of sp³-hybridized carbons (Fsp3) is 0.294. The Labute approximate surface area is 135 Å². The molecule has 0 aliphatic carbocycles. The highest BCUT2D eigenvalue weighted by atomic mass is 35.5. The molecule has 0 aliphatic heterocycles. The lowest BCUT2D eigenvalue weighted by Crippen LogP contribution is -2.08. The van der Waals surface area contributed by atoms with Gasteiger partial charge in [-0.3, -0.25) is 0 Å².